The second-order valence-corrected chi connectivity index (χ2v) is 9.70. The van der Waals surface area contributed by atoms with Crippen LogP contribution in [0, 0.1) is 0 Å². The van der Waals surface area contributed by atoms with E-state index >= 15 is 0 Å². The number of ether oxygens (including phenoxy) is 6. The Balaban J connectivity index is 3.91. The van der Waals surface area contributed by atoms with Crippen molar-refractivity contribution in [3.63, 3.8) is 0 Å². The van der Waals surface area contributed by atoms with Crippen molar-refractivity contribution >= 4 is 13.8 Å². The second-order valence-electron chi connectivity index (χ2n) is 8.51. The van der Waals surface area contributed by atoms with Crippen LogP contribution in [0.1, 0.15) is 48.5 Å². The van der Waals surface area contributed by atoms with Gasteiger partial charge in [-0.1, -0.05) is 6.58 Å². The second kappa shape index (κ2) is 17.5. The summed E-state index contributed by atoms with van der Waals surface area (Å²) in [4.78, 5) is 28.9. The zero-order valence-electron chi connectivity index (χ0n) is 21.4. The van der Waals surface area contributed by atoms with Crippen LogP contribution in [0.5, 0.6) is 0 Å². The van der Waals surface area contributed by atoms with Gasteiger partial charge in [0.25, 0.3) is 0 Å². The van der Waals surface area contributed by atoms with Gasteiger partial charge in [0.1, 0.15) is 6.61 Å². The average Bonchev–Trinajstić information content (AvgIpc) is 2.74. The van der Waals surface area contributed by atoms with Gasteiger partial charge in [-0.05, 0) is 48.5 Å². The monoisotopic (exact) mass is 514 g/mol. The molecule has 0 aromatic carbocycles. The first kappa shape index (κ1) is 33.1. The third-order valence-corrected chi connectivity index (χ3v) is 4.83. The van der Waals surface area contributed by atoms with E-state index in [0.717, 1.165) is 0 Å². The van der Waals surface area contributed by atoms with Crippen molar-refractivity contribution in [2.45, 2.75) is 85.1 Å². The topological polar surface area (TPSA) is 139 Å². The maximum absolute atomic E-state index is 11.4. The van der Waals surface area contributed by atoms with Crippen LogP contribution in [-0.4, -0.2) is 92.0 Å². The number of carbonyl (C=O) groups is 1. The Labute approximate surface area is 203 Å². The van der Waals surface area contributed by atoms with E-state index in [2.05, 4.69) is 11.1 Å². The number of rotatable bonds is 20. The molecule has 0 aromatic heterocycles. The van der Waals surface area contributed by atoms with Gasteiger partial charge in [-0.15, -0.1) is 0 Å². The first-order chi connectivity index (χ1) is 15.7. The highest BCUT2D eigenvalue weighted by Crippen LogP contribution is 2.37. The molecule has 0 aromatic rings. The zero-order valence-corrected chi connectivity index (χ0v) is 22.3. The molecule has 0 saturated carbocycles. The number of hydrogen-bond acceptors (Lipinski definition) is 9. The molecule has 0 heterocycles. The maximum atomic E-state index is 11.4. The van der Waals surface area contributed by atoms with Gasteiger partial charge in [0.2, 0.25) is 0 Å². The summed E-state index contributed by atoms with van der Waals surface area (Å²) in [5.74, 6) is -0.437. The summed E-state index contributed by atoms with van der Waals surface area (Å²) in [6.45, 7) is 17.5. The highest BCUT2D eigenvalue weighted by molar-refractivity contribution is 7.46. The fraction of sp³-hybridized carbons (Fsp3) is 0.864. The minimum Gasteiger partial charge on any atom is -0.460 e. The molecule has 0 rings (SSSR count). The smallest absolute Gasteiger partial charge is 0.460 e. The van der Waals surface area contributed by atoms with E-state index in [1.807, 2.05) is 27.7 Å². The Morgan fingerprint density at radius 3 is 1.26 bits per heavy atom. The number of phosphoric ester groups is 1. The summed E-state index contributed by atoms with van der Waals surface area (Å²) in [6.07, 6.45) is -1.76. The molecule has 202 valence electrons. The van der Waals surface area contributed by atoms with Crippen LogP contribution in [0.15, 0.2) is 12.2 Å². The number of hydrogen-bond donors (Lipinski definition) is 2. The van der Waals surface area contributed by atoms with E-state index in [-0.39, 0.29) is 43.7 Å². The fourth-order valence-electron chi connectivity index (χ4n) is 2.32. The zero-order chi connectivity index (χ0) is 26.3. The Bertz CT molecular complexity index is 624. The predicted molar refractivity (Wildman–Crippen MR) is 125 cm³/mol. The van der Waals surface area contributed by atoms with E-state index in [9.17, 15) is 9.36 Å². The van der Waals surface area contributed by atoms with E-state index < -0.39 is 19.9 Å². The first-order valence-electron chi connectivity index (χ1n) is 11.3. The van der Waals surface area contributed by atoms with Crippen LogP contribution in [-0.2, 0) is 42.3 Å². The summed E-state index contributed by atoms with van der Waals surface area (Å²) in [6, 6.07) is 0. The number of phosphoric acid groups is 1. The molecule has 6 unspecified atom stereocenters. The molecule has 0 aliphatic rings. The molecular weight excluding hydrogens is 471 g/mol. The molecule has 0 aliphatic carbocycles. The minimum atomic E-state index is -4.53. The van der Waals surface area contributed by atoms with E-state index in [4.69, 9.17) is 38.2 Å². The lowest BCUT2D eigenvalue weighted by molar-refractivity contribution is -0.144. The first-order valence-corrected chi connectivity index (χ1v) is 12.9. The lowest BCUT2D eigenvalue weighted by Gasteiger charge is -2.22. The Morgan fingerprint density at radius 1 is 0.676 bits per heavy atom. The molecule has 12 heteroatoms. The highest BCUT2D eigenvalue weighted by atomic mass is 31.2. The van der Waals surface area contributed by atoms with Crippen LogP contribution < -0.4 is 0 Å². The van der Waals surface area contributed by atoms with Gasteiger partial charge in [-0.2, -0.15) is 0 Å². The normalized spacial score (nSPS) is 17.4. The van der Waals surface area contributed by atoms with Crippen molar-refractivity contribution in [2.24, 2.45) is 0 Å². The van der Waals surface area contributed by atoms with Crippen molar-refractivity contribution in [1.82, 2.24) is 0 Å². The van der Waals surface area contributed by atoms with Crippen molar-refractivity contribution in [1.29, 1.82) is 0 Å². The number of carbonyl (C=O) groups excluding carboxylic acids is 1. The van der Waals surface area contributed by atoms with Gasteiger partial charge < -0.3 is 38.2 Å². The van der Waals surface area contributed by atoms with Crippen molar-refractivity contribution in [3.05, 3.63) is 12.2 Å². The van der Waals surface area contributed by atoms with Gasteiger partial charge in [-0.25, -0.2) is 9.36 Å². The van der Waals surface area contributed by atoms with Crippen molar-refractivity contribution in [2.75, 3.05) is 39.6 Å². The molecule has 0 aliphatic heterocycles. The van der Waals surface area contributed by atoms with Gasteiger partial charge in [0.05, 0.1) is 69.7 Å². The van der Waals surface area contributed by atoms with Crippen LogP contribution in [0.2, 0.25) is 0 Å². The van der Waals surface area contributed by atoms with Crippen LogP contribution in [0.25, 0.3) is 0 Å². The summed E-state index contributed by atoms with van der Waals surface area (Å²) < 4.78 is 48.6. The molecule has 11 nitrogen and oxygen atoms in total. The van der Waals surface area contributed by atoms with Crippen molar-refractivity contribution in [3.8, 4) is 0 Å². The Kier molecular flexibility index (Phi) is 17.1. The molecule has 2 N–H and O–H groups in total. The Hall–Kier alpha value is -0.880. The van der Waals surface area contributed by atoms with E-state index in [1.165, 1.54) is 6.92 Å². The van der Waals surface area contributed by atoms with Gasteiger partial charge in [-0.3, -0.25) is 4.52 Å². The summed E-state index contributed by atoms with van der Waals surface area (Å²) >= 11 is 0. The quantitative estimate of drug-likeness (QED) is 0.141. The van der Waals surface area contributed by atoms with Gasteiger partial charge >= 0.3 is 13.8 Å². The molecule has 34 heavy (non-hydrogen) atoms. The predicted octanol–water partition coefficient (Wildman–Crippen LogP) is 2.63. The third kappa shape index (κ3) is 19.4. The van der Waals surface area contributed by atoms with E-state index in [1.54, 1.807) is 13.8 Å². The van der Waals surface area contributed by atoms with Crippen LogP contribution in [0.3, 0.4) is 0 Å². The van der Waals surface area contributed by atoms with Crippen LogP contribution >= 0.6 is 7.82 Å². The molecule has 6 atom stereocenters. The molecule has 0 amide bonds. The third-order valence-electron chi connectivity index (χ3n) is 4.19. The SMILES string of the molecule is C=C(C)C(=O)OCC(C)OCC(C)OCC(C)OCC(C)OCC(C)OCC(C)OP(=O)(O)O. The fourth-order valence-corrected chi connectivity index (χ4v) is 2.85. The lowest BCUT2D eigenvalue weighted by Crippen LogP contribution is -2.29. The van der Waals surface area contributed by atoms with Gasteiger partial charge in [0.15, 0.2) is 0 Å². The van der Waals surface area contributed by atoms with Crippen molar-refractivity contribution < 1.29 is 52.1 Å². The summed E-state index contributed by atoms with van der Waals surface area (Å²) in [7, 11) is -4.53. The molecule has 0 radical (unpaired) electrons. The summed E-state index contributed by atoms with van der Waals surface area (Å²) in [5, 5.41) is 0. The van der Waals surface area contributed by atoms with Gasteiger partial charge in [0, 0.05) is 5.57 Å². The standard InChI is InChI=1S/C22H43O11P/c1-15(2)22(23)32-13-20(7)30-11-18(5)28-9-16(3)27-10-17(4)29-12-19(6)31-14-21(8)33-34(24,25)26/h16-21H,1,9-14H2,2-8H3,(H2,24,25,26). The molecular formula is C22H43O11P. The largest absolute Gasteiger partial charge is 0.469 e. The molecule has 0 bridgehead atoms. The number of esters is 1. The maximum Gasteiger partial charge on any atom is 0.469 e. The Morgan fingerprint density at radius 2 is 0.971 bits per heavy atom. The lowest BCUT2D eigenvalue weighted by atomic mass is 10.3. The van der Waals surface area contributed by atoms with E-state index in [0.29, 0.717) is 32.0 Å². The average molecular weight is 515 g/mol. The minimum absolute atomic E-state index is 0.0369. The molecule has 0 fully saturated rings. The van der Waals surface area contributed by atoms with Crippen LogP contribution in [0.4, 0.5) is 0 Å². The highest BCUT2D eigenvalue weighted by Gasteiger charge is 2.20. The molecule has 0 spiro atoms. The molecule has 0 saturated heterocycles. The summed E-state index contributed by atoms with van der Waals surface area (Å²) in [5.41, 5.74) is 0.348.